The molecule has 3 aromatic heterocycles. The van der Waals surface area contributed by atoms with Gasteiger partial charge in [-0.1, -0.05) is 18.2 Å². The fourth-order valence-electron chi connectivity index (χ4n) is 3.63. The van der Waals surface area contributed by atoms with Crippen LogP contribution in [0.3, 0.4) is 0 Å². The predicted molar refractivity (Wildman–Crippen MR) is 109 cm³/mol. The zero-order valence-corrected chi connectivity index (χ0v) is 16.3. The molecule has 4 aromatic rings. The largest absolute Gasteiger partial charge is 0.358 e. The zero-order valence-electron chi connectivity index (χ0n) is 16.3. The first kappa shape index (κ1) is 18.0. The van der Waals surface area contributed by atoms with Gasteiger partial charge in [-0.05, 0) is 43.5 Å². The first-order valence-electron chi connectivity index (χ1n) is 9.31. The first-order chi connectivity index (χ1) is 13.5. The van der Waals surface area contributed by atoms with Crippen LogP contribution in [0.4, 0.5) is 0 Å². The lowest BCUT2D eigenvalue weighted by atomic mass is 10.0. The van der Waals surface area contributed by atoms with E-state index in [1.165, 1.54) is 11.1 Å². The van der Waals surface area contributed by atoms with Crippen LogP contribution in [0.15, 0.2) is 49.2 Å². The van der Waals surface area contributed by atoms with Crippen LogP contribution < -0.4 is 5.32 Å². The van der Waals surface area contributed by atoms with E-state index in [0.717, 1.165) is 33.5 Å². The summed E-state index contributed by atoms with van der Waals surface area (Å²) in [6.07, 6.45) is 7.33. The minimum atomic E-state index is -0.00894. The average molecular weight is 373 g/mol. The fourth-order valence-corrected chi connectivity index (χ4v) is 3.63. The number of carbonyl (C=O) groups excluding carboxylic acids is 1. The molecule has 6 heteroatoms. The SMILES string of the molecule is Cc1[nH]c2c(C)ccc(C)c2c1CC(=O)NCc1cccnc1-n1ccnc1. The molecule has 0 aliphatic carbocycles. The van der Waals surface area contributed by atoms with Crippen molar-refractivity contribution in [1.82, 2.24) is 24.8 Å². The summed E-state index contributed by atoms with van der Waals surface area (Å²) in [5, 5.41) is 4.20. The Morgan fingerprint density at radius 3 is 2.75 bits per heavy atom. The molecule has 28 heavy (non-hydrogen) atoms. The predicted octanol–water partition coefficient (Wildman–Crippen LogP) is 3.53. The van der Waals surface area contributed by atoms with Gasteiger partial charge >= 0.3 is 0 Å². The highest BCUT2D eigenvalue weighted by atomic mass is 16.1. The van der Waals surface area contributed by atoms with Gasteiger partial charge in [-0.25, -0.2) is 9.97 Å². The number of rotatable bonds is 5. The Balaban J connectivity index is 1.54. The number of hydrogen-bond donors (Lipinski definition) is 2. The van der Waals surface area contributed by atoms with E-state index in [2.05, 4.69) is 46.2 Å². The van der Waals surface area contributed by atoms with E-state index in [4.69, 9.17) is 0 Å². The number of nitrogens with one attached hydrogen (secondary N) is 2. The van der Waals surface area contributed by atoms with Crippen molar-refractivity contribution in [3.63, 3.8) is 0 Å². The van der Waals surface area contributed by atoms with Crippen molar-refractivity contribution in [2.24, 2.45) is 0 Å². The number of carbonyl (C=O) groups is 1. The van der Waals surface area contributed by atoms with Crippen molar-refractivity contribution >= 4 is 16.8 Å². The Bertz CT molecular complexity index is 1140. The molecule has 3 heterocycles. The number of H-pyrrole nitrogens is 1. The highest BCUT2D eigenvalue weighted by Gasteiger charge is 2.16. The third kappa shape index (κ3) is 3.29. The summed E-state index contributed by atoms with van der Waals surface area (Å²) >= 11 is 0. The van der Waals surface area contributed by atoms with Crippen LogP contribution in [0, 0.1) is 20.8 Å². The topological polar surface area (TPSA) is 75.6 Å². The normalized spacial score (nSPS) is 11.1. The number of amides is 1. The van der Waals surface area contributed by atoms with Crippen molar-refractivity contribution in [3.8, 4) is 5.82 Å². The van der Waals surface area contributed by atoms with Gasteiger partial charge in [0.15, 0.2) is 0 Å². The second kappa shape index (κ2) is 7.31. The maximum Gasteiger partial charge on any atom is 0.224 e. The number of aryl methyl sites for hydroxylation is 3. The first-order valence-corrected chi connectivity index (χ1v) is 9.31. The second-order valence-corrected chi connectivity index (χ2v) is 7.09. The quantitative estimate of drug-likeness (QED) is 0.562. The molecule has 142 valence electrons. The van der Waals surface area contributed by atoms with E-state index in [0.29, 0.717) is 13.0 Å². The van der Waals surface area contributed by atoms with Gasteiger partial charge in [-0.15, -0.1) is 0 Å². The van der Waals surface area contributed by atoms with Crippen molar-refractivity contribution in [2.75, 3.05) is 0 Å². The number of benzene rings is 1. The van der Waals surface area contributed by atoms with E-state index in [9.17, 15) is 4.79 Å². The van der Waals surface area contributed by atoms with Crippen LogP contribution in [0.25, 0.3) is 16.7 Å². The molecule has 0 aliphatic heterocycles. The molecule has 0 bridgehead atoms. The Morgan fingerprint density at radius 2 is 1.96 bits per heavy atom. The van der Waals surface area contributed by atoms with Crippen LogP contribution in [0.2, 0.25) is 0 Å². The highest BCUT2D eigenvalue weighted by molar-refractivity contribution is 5.93. The molecule has 1 aromatic carbocycles. The number of aromatic amines is 1. The lowest BCUT2D eigenvalue weighted by molar-refractivity contribution is -0.120. The van der Waals surface area contributed by atoms with Gasteiger partial charge in [0, 0.05) is 47.3 Å². The summed E-state index contributed by atoms with van der Waals surface area (Å²) < 4.78 is 1.84. The third-order valence-electron chi connectivity index (χ3n) is 5.12. The van der Waals surface area contributed by atoms with Gasteiger partial charge < -0.3 is 10.3 Å². The average Bonchev–Trinajstić information content (AvgIpc) is 3.33. The van der Waals surface area contributed by atoms with Gasteiger partial charge in [-0.3, -0.25) is 9.36 Å². The summed E-state index contributed by atoms with van der Waals surface area (Å²) in [5.74, 6) is 0.764. The zero-order chi connectivity index (χ0) is 19.7. The summed E-state index contributed by atoms with van der Waals surface area (Å²) in [6.45, 7) is 6.62. The van der Waals surface area contributed by atoms with Crippen molar-refractivity contribution in [2.45, 2.75) is 33.7 Å². The van der Waals surface area contributed by atoms with E-state index in [1.807, 2.05) is 29.8 Å². The van der Waals surface area contributed by atoms with E-state index >= 15 is 0 Å². The third-order valence-corrected chi connectivity index (χ3v) is 5.12. The molecule has 1 amide bonds. The highest BCUT2D eigenvalue weighted by Crippen LogP contribution is 2.28. The molecule has 0 saturated heterocycles. The minimum absolute atomic E-state index is 0.00894. The summed E-state index contributed by atoms with van der Waals surface area (Å²) in [4.78, 5) is 24.6. The van der Waals surface area contributed by atoms with Gasteiger partial charge in [-0.2, -0.15) is 0 Å². The molecule has 0 unspecified atom stereocenters. The number of nitrogens with zero attached hydrogens (tertiary/aromatic N) is 3. The summed E-state index contributed by atoms with van der Waals surface area (Å²) in [5.41, 5.74) is 6.54. The van der Waals surface area contributed by atoms with Crippen LogP contribution in [0.1, 0.15) is 27.9 Å². The molecule has 0 radical (unpaired) electrons. The molecular weight excluding hydrogens is 350 g/mol. The van der Waals surface area contributed by atoms with Crippen LogP contribution >= 0.6 is 0 Å². The van der Waals surface area contributed by atoms with Crippen LogP contribution in [0.5, 0.6) is 0 Å². The Hall–Kier alpha value is -3.41. The van der Waals surface area contributed by atoms with E-state index in [1.54, 1.807) is 18.7 Å². The number of hydrogen-bond acceptors (Lipinski definition) is 3. The monoisotopic (exact) mass is 373 g/mol. The summed E-state index contributed by atoms with van der Waals surface area (Å²) in [6, 6.07) is 8.06. The smallest absolute Gasteiger partial charge is 0.224 e. The number of aromatic nitrogens is 4. The minimum Gasteiger partial charge on any atom is -0.358 e. The van der Waals surface area contributed by atoms with Crippen molar-refractivity contribution < 1.29 is 4.79 Å². The Morgan fingerprint density at radius 1 is 1.14 bits per heavy atom. The van der Waals surface area contributed by atoms with Gasteiger partial charge in [0.25, 0.3) is 0 Å². The van der Waals surface area contributed by atoms with Crippen molar-refractivity contribution in [1.29, 1.82) is 0 Å². The van der Waals surface area contributed by atoms with Gasteiger partial charge in [0.05, 0.1) is 6.42 Å². The maximum absolute atomic E-state index is 12.7. The molecule has 0 aliphatic rings. The van der Waals surface area contributed by atoms with E-state index < -0.39 is 0 Å². The molecule has 0 fully saturated rings. The van der Waals surface area contributed by atoms with Gasteiger partial charge in [0.1, 0.15) is 12.1 Å². The molecule has 0 spiro atoms. The van der Waals surface area contributed by atoms with Crippen LogP contribution in [-0.4, -0.2) is 25.4 Å². The number of imidazole rings is 1. The summed E-state index contributed by atoms with van der Waals surface area (Å²) in [7, 11) is 0. The van der Waals surface area contributed by atoms with E-state index in [-0.39, 0.29) is 5.91 Å². The fraction of sp³-hybridized carbons (Fsp3) is 0.227. The standard InChI is InChI=1S/C22H23N5O/c1-14-6-7-15(2)21-20(14)18(16(3)26-21)11-19(28)25-12-17-5-4-8-24-22(17)27-10-9-23-13-27/h4-10,13,26H,11-12H2,1-3H3,(H,25,28). The van der Waals surface area contributed by atoms with Gasteiger partial charge in [0.2, 0.25) is 5.91 Å². The molecular formula is C22H23N5O. The van der Waals surface area contributed by atoms with Crippen molar-refractivity contribution in [3.05, 3.63) is 77.1 Å². The number of pyridine rings is 1. The van der Waals surface area contributed by atoms with Crippen LogP contribution in [-0.2, 0) is 17.8 Å². The molecule has 2 N–H and O–H groups in total. The Kier molecular flexibility index (Phi) is 4.69. The second-order valence-electron chi connectivity index (χ2n) is 7.09. The Labute approximate surface area is 163 Å². The lowest BCUT2D eigenvalue weighted by Gasteiger charge is -2.10. The molecule has 6 nitrogen and oxygen atoms in total. The molecule has 0 atom stereocenters. The molecule has 4 rings (SSSR count). The maximum atomic E-state index is 12.7. The molecule has 0 saturated carbocycles. The lowest BCUT2D eigenvalue weighted by Crippen LogP contribution is -2.25. The number of fused-ring (bicyclic) bond motifs is 1.